The van der Waals surface area contributed by atoms with Gasteiger partial charge in [-0.1, -0.05) is 26.0 Å². The fraction of sp³-hybridized carbons (Fsp3) is 0.560. The van der Waals surface area contributed by atoms with E-state index in [1.807, 2.05) is 24.3 Å². The summed E-state index contributed by atoms with van der Waals surface area (Å²) in [5, 5.41) is 5.42. The highest BCUT2D eigenvalue weighted by molar-refractivity contribution is 7.09. The summed E-state index contributed by atoms with van der Waals surface area (Å²) in [6, 6.07) is 7.62. The van der Waals surface area contributed by atoms with Gasteiger partial charge in [0.1, 0.15) is 10.7 Å². The molecule has 35 heavy (non-hydrogen) atoms. The minimum atomic E-state index is -0.520. The second kappa shape index (κ2) is 11.5. The van der Waals surface area contributed by atoms with Crippen molar-refractivity contribution in [1.82, 2.24) is 14.8 Å². The highest BCUT2D eigenvalue weighted by Gasteiger charge is 2.41. The van der Waals surface area contributed by atoms with E-state index in [0.717, 1.165) is 5.69 Å². The Bertz CT molecular complexity index is 994. The van der Waals surface area contributed by atoms with Crippen molar-refractivity contribution in [2.24, 2.45) is 0 Å². The molecule has 2 saturated heterocycles. The molecule has 9 nitrogen and oxygen atoms in total. The van der Waals surface area contributed by atoms with Crippen LogP contribution < -0.4 is 5.32 Å². The maximum Gasteiger partial charge on any atom is 0.322 e. The first-order chi connectivity index (χ1) is 16.9. The molecule has 10 heteroatoms. The average molecular weight is 503 g/mol. The first-order valence-corrected chi connectivity index (χ1v) is 12.9. The minimum absolute atomic E-state index is 0.0986. The van der Waals surface area contributed by atoms with Crippen LogP contribution in [-0.2, 0) is 20.8 Å². The van der Waals surface area contributed by atoms with Gasteiger partial charge >= 0.3 is 6.03 Å². The van der Waals surface area contributed by atoms with Gasteiger partial charge in [-0.05, 0) is 23.6 Å². The van der Waals surface area contributed by atoms with Crippen molar-refractivity contribution in [2.45, 2.75) is 44.9 Å². The molecule has 1 aromatic heterocycles. The molecule has 0 aliphatic carbocycles. The molecule has 2 aromatic rings. The number of thiazole rings is 1. The maximum atomic E-state index is 13.0. The number of nitrogens with one attached hydrogen (secondary N) is 1. The van der Waals surface area contributed by atoms with Crippen LogP contribution in [0.25, 0.3) is 0 Å². The first kappa shape index (κ1) is 25.6. The van der Waals surface area contributed by atoms with Gasteiger partial charge in [-0.25, -0.2) is 9.78 Å². The average Bonchev–Trinajstić information content (AvgIpc) is 3.52. The summed E-state index contributed by atoms with van der Waals surface area (Å²) in [5.41, 5.74) is 2.35. The van der Waals surface area contributed by atoms with Crippen LogP contribution in [0.3, 0.4) is 0 Å². The lowest BCUT2D eigenvalue weighted by atomic mass is 10.0. The topological polar surface area (TPSA) is 93.2 Å². The number of methoxy groups -OCH3 is 1. The zero-order valence-electron chi connectivity index (χ0n) is 20.6. The van der Waals surface area contributed by atoms with Crippen molar-refractivity contribution < 1.29 is 23.8 Å². The van der Waals surface area contributed by atoms with Crippen molar-refractivity contribution in [1.29, 1.82) is 0 Å². The molecule has 190 valence electrons. The number of piperidine rings is 1. The van der Waals surface area contributed by atoms with Gasteiger partial charge in [-0.15, -0.1) is 11.3 Å². The molecule has 0 saturated carbocycles. The number of nitrogens with zero attached hydrogens (tertiary/aromatic N) is 3. The number of anilines is 1. The van der Waals surface area contributed by atoms with Crippen LogP contribution in [0.15, 0.2) is 29.6 Å². The first-order valence-electron chi connectivity index (χ1n) is 12.1. The van der Waals surface area contributed by atoms with Gasteiger partial charge in [0.2, 0.25) is 0 Å². The highest BCUT2D eigenvalue weighted by atomic mass is 32.1. The van der Waals surface area contributed by atoms with Crippen molar-refractivity contribution in [2.75, 3.05) is 51.9 Å². The highest BCUT2D eigenvalue weighted by Crippen LogP contribution is 2.31. The number of urea groups is 1. The van der Waals surface area contributed by atoms with Crippen molar-refractivity contribution in [3.8, 4) is 0 Å². The Morgan fingerprint density at radius 1 is 1.20 bits per heavy atom. The summed E-state index contributed by atoms with van der Waals surface area (Å²) in [5.74, 6) is -0.192. The van der Waals surface area contributed by atoms with E-state index in [1.165, 1.54) is 16.9 Å². The normalized spacial score (nSPS) is 17.2. The van der Waals surface area contributed by atoms with Crippen molar-refractivity contribution in [3.63, 3.8) is 0 Å². The summed E-state index contributed by atoms with van der Waals surface area (Å²) in [7, 11) is 1.60. The summed E-state index contributed by atoms with van der Waals surface area (Å²) >= 11 is 1.38. The molecule has 2 aliphatic rings. The molecule has 0 radical (unpaired) electrons. The smallest absolute Gasteiger partial charge is 0.322 e. The van der Waals surface area contributed by atoms with Gasteiger partial charge in [0.15, 0.2) is 5.79 Å². The minimum Gasteiger partial charge on any atom is -0.383 e. The lowest BCUT2D eigenvalue weighted by molar-refractivity contribution is -0.181. The predicted octanol–water partition coefficient (Wildman–Crippen LogP) is 3.93. The largest absolute Gasteiger partial charge is 0.383 e. The third kappa shape index (κ3) is 6.38. The predicted molar refractivity (Wildman–Crippen MR) is 134 cm³/mol. The fourth-order valence-corrected chi connectivity index (χ4v) is 5.03. The lowest BCUT2D eigenvalue weighted by Gasteiger charge is -2.37. The van der Waals surface area contributed by atoms with Crippen LogP contribution >= 0.6 is 11.3 Å². The molecule has 2 aliphatic heterocycles. The standard InChI is InChI=1S/C25H34N4O5S/c1-18(2)19-4-6-20(7-5-19)26-24(31)29(12-13-32-3)16-22-27-21(17-35-22)23(30)28-10-8-25(9-11-28)33-14-15-34-25/h4-7,17-18H,8-16H2,1-3H3,(H,26,31). The Kier molecular flexibility index (Phi) is 8.38. The van der Waals surface area contributed by atoms with Crippen molar-refractivity contribution >= 4 is 29.0 Å². The van der Waals surface area contributed by atoms with Crippen molar-refractivity contribution in [3.05, 3.63) is 45.9 Å². The summed E-state index contributed by atoms with van der Waals surface area (Å²) in [6.45, 7) is 7.73. The molecule has 0 bridgehead atoms. The number of benzene rings is 1. The van der Waals surface area contributed by atoms with Gasteiger partial charge in [-0.2, -0.15) is 0 Å². The molecule has 0 atom stereocenters. The van der Waals surface area contributed by atoms with Gasteiger partial charge in [-0.3, -0.25) is 4.79 Å². The molecule has 1 aromatic carbocycles. The molecular weight excluding hydrogens is 468 g/mol. The van der Waals surface area contributed by atoms with Gasteiger partial charge in [0.25, 0.3) is 5.91 Å². The van der Waals surface area contributed by atoms with E-state index >= 15 is 0 Å². The summed E-state index contributed by atoms with van der Waals surface area (Å²) < 4.78 is 16.7. The van der Waals surface area contributed by atoms with Crippen LogP contribution in [0.5, 0.6) is 0 Å². The Hall–Kier alpha value is -2.53. The van der Waals surface area contributed by atoms with Crippen LogP contribution in [0.4, 0.5) is 10.5 Å². The molecule has 1 N–H and O–H groups in total. The Balaban J connectivity index is 1.36. The zero-order valence-corrected chi connectivity index (χ0v) is 21.4. The number of likely N-dealkylation sites (tertiary alicyclic amines) is 1. The monoisotopic (exact) mass is 502 g/mol. The maximum absolute atomic E-state index is 13.0. The number of hydrogen-bond acceptors (Lipinski definition) is 7. The fourth-order valence-electron chi connectivity index (χ4n) is 4.25. The molecule has 4 rings (SSSR count). The van der Waals surface area contributed by atoms with E-state index in [2.05, 4.69) is 24.1 Å². The Labute approximate surface area is 210 Å². The van der Waals surface area contributed by atoms with Gasteiger partial charge < -0.3 is 29.3 Å². The molecular formula is C25H34N4O5S. The second-order valence-corrected chi connectivity index (χ2v) is 10.1. The lowest BCUT2D eigenvalue weighted by Crippen LogP contribution is -2.47. The number of aromatic nitrogens is 1. The number of rotatable bonds is 8. The van der Waals surface area contributed by atoms with E-state index in [4.69, 9.17) is 14.2 Å². The van der Waals surface area contributed by atoms with E-state index in [0.29, 0.717) is 75.5 Å². The Morgan fingerprint density at radius 3 is 2.51 bits per heavy atom. The van der Waals surface area contributed by atoms with E-state index in [1.54, 1.807) is 22.3 Å². The number of ether oxygens (including phenoxy) is 3. The molecule has 3 amide bonds. The van der Waals surface area contributed by atoms with Crippen LogP contribution in [0.2, 0.25) is 0 Å². The van der Waals surface area contributed by atoms with E-state index in [-0.39, 0.29) is 11.9 Å². The number of carbonyl (C=O) groups excluding carboxylic acids is 2. The SMILES string of the molecule is COCCN(Cc1nc(C(=O)N2CCC3(CC2)OCCO3)cs1)C(=O)Nc1ccc(C(C)C)cc1. The number of carbonyl (C=O) groups is 2. The zero-order chi connectivity index (χ0) is 24.8. The second-order valence-electron chi connectivity index (χ2n) is 9.15. The summed E-state index contributed by atoms with van der Waals surface area (Å²) in [4.78, 5) is 34.0. The Morgan fingerprint density at radius 2 is 1.89 bits per heavy atom. The molecule has 0 unspecified atom stereocenters. The van der Waals surface area contributed by atoms with E-state index < -0.39 is 5.79 Å². The quantitative estimate of drug-likeness (QED) is 0.588. The molecule has 3 heterocycles. The van der Waals surface area contributed by atoms with Crippen LogP contribution in [0, 0.1) is 0 Å². The third-order valence-electron chi connectivity index (χ3n) is 6.40. The third-order valence-corrected chi connectivity index (χ3v) is 7.24. The van der Waals surface area contributed by atoms with Gasteiger partial charge in [0.05, 0.1) is 26.4 Å². The molecule has 1 spiro atoms. The van der Waals surface area contributed by atoms with E-state index in [9.17, 15) is 9.59 Å². The molecule has 2 fully saturated rings. The van der Waals surface area contributed by atoms with Crippen LogP contribution in [-0.4, -0.2) is 79.1 Å². The van der Waals surface area contributed by atoms with Crippen LogP contribution in [0.1, 0.15) is 53.7 Å². The summed E-state index contributed by atoms with van der Waals surface area (Å²) in [6.07, 6.45) is 1.33. The number of hydrogen-bond donors (Lipinski definition) is 1. The van der Waals surface area contributed by atoms with Gasteiger partial charge in [0, 0.05) is 50.7 Å². The number of amides is 3.